The van der Waals surface area contributed by atoms with E-state index in [-0.39, 0.29) is 50.3 Å². The number of ether oxygens (including phenoxy) is 3. The number of nitrogens with two attached hydrogens (primary N) is 1. The van der Waals surface area contributed by atoms with Crippen molar-refractivity contribution >= 4 is 47.2 Å². The number of aromatic nitrogens is 4. The molecule has 0 amide bonds. The van der Waals surface area contributed by atoms with Gasteiger partial charge in [0.05, 0.1) is 24.8 Å². The summed E-state index contributed by atoms with van der Waals surface area (Å²) in [5.41, 5.74) is 6.91. The molecule has 0 aromatic carbocycles. The quantitative estimate of drug-likeness (QED) is 0.134. The summed E-state index contributed by atoms with van der Waals surface area (Å²) in [5, 5.41) is 0. The number of hydrogen-bond donors (Lipinski definition) is 1. The van der Waals surface area contributed by atoms with E-state index in [4.69, 9.17) is 40.8 Å². The average molecular weight is 546 g/mol. The Morgan fingerprint density at radius 2 is 1.53 bits per heavy atom. The van der Waals surface area contributed by atoms with E-state index < -0.39 is 6.49 Å². The fraction of sp³-hybridized carbons (Fsp3) is 0.682. The van der Waals surface area contributed by atoms with Crippen molar-refractivity contribution in [2.75, 3.05) is 32.3 Å². The highest BCUT2D eigenvalue weighted by Gasteiger charge is 2.24. The summed E-state index contributed by atoms with van der Waals surface area (Å²) in [6, 6.07) is 0. The maximum Gasteiger partial charge on any atom is 0.311 e. The van der Waals surface area contributed by atoms with Gasteiger partial charge in [-0.3, -0.25) is 18.6 Å². The third-order valence-electron chi connectivity index (χ3n) is 5.69. The molecule has 0 saturated heterocycles. The van der Waals surface area contributed by atoms with Crippen LogP contribution in [0, 0.1) is 11.8 Å². The minimum Gasteiger partial charge on any atom is -0.438 e. The lowest BCUT2D eigenvalue weighted by molar-refractivity contribution is -0.157. The second kappa shape index (κ2) is 15.2. The van der Waals surface area contributed by atoms with Gasteiger partial charge in [0.1, 0.15) is 18.2 Å². The molecule has 0 fully saturated rings. The summed E-state index contributed by atoms with van der Waals surface area (Å²) in [7, 11) is 0. The highest BCUT2D eigenvalue weighted by molar-refractivity contribution is 8.09. The highest BCUT2D eigenvalue weighted by atomic mass is 32.5. The van der Waals surface area contributed by atoms with Gasteiger partial charge in [0.15, 0.2) is 25.1 Å². The zero-order chi connectivity index (χ0) is 26.6. The molecule has 36 heavy (non-hydrogen) atoms. The van der Waals surface area contributed by atoms with Gasteiger partial charge in [-0.1, -0.05) is 27.7 Å². The molecule has 0 atom stereocenters. The SMILES string of the molecule is CCC(CC)C(=O)OCOP(=S)(COCCn1cnc2c(N)ncnc21)OCOC(=O)C(CC)CC. The summed E-state index contributed by atoms with van der Waals surface area (Å²) in [6.45, 7) is 4.44. The van der Waals surface area contributed by atoms with E-state index in [1.807, 2.05) is 27.7 Å². The molecule has 0 aliphatic carbocycles. The van der Waals surface area contributed by atoms with E-state index >= 15 is 0 Å². The van der Waals surface area contributed by atoms with Gasteiger partial charge in [-0.2, -0.15) is 0 Å². The van der Waals surface area contributed by atoms with Crippen molar-refractivity contribution in [2.45, 2.75) is 59.9 Å². The first-order valence-corrected chi connectivity index (χ1v) is 14.8. The van der Waals surface area contributed by atoms with Crippen LogP contribution in [0.3, 0.4) is 0 Å². The zero-order valence-corrected chi connectivity index (χ0v) is 23.0. The summed E-state index contributed by atoms with van der Waals surface area (Å²) < 4.78 is 29.2. The Morgan fingerprint density at radius 1 is 0.972 bits per heavy atom. The Balaban J connectivity index is 1.93. The van der Waals surface area contributed by atoms with Crippen LogP contribution < -0.4 is 5.73 Å². The van der Waals surface area contributed by atoms with Crippen molar-refractivity contribution in [3.63, 3.8) is 0 Å². The van der Waals surface area contributed by atoms with Crippen LogP contribution in [0.15, 0.2) is 12.7 Å². The smallest absolute Gasteiger partial charge is 0.311 e. The van der Waals surface area contributed by atoms with Crippen LogP contribution in [0.1, 0.15) is 53.4 Å². The molecular weight excluding hydrogens is 509 g/mol. The van der Waals surface area contributed by atoms with E-state index in [1.165, 1.54) is 6.33 Å². The number of imidazole rings is 1. The molecule has 12 nitrogen and oxygen atoms in total. The van der Waals surface area contributed by atoms with Crippen LogP contribution in [0.25, 0.3) is 11.2 Å². The van der Waals surface area contributed by atoms with Crippen molar-refractivity contribution < 1.29 is 32.8 Å². The molecule has 2 aromatic rings. The maximum absolute atomic E-state index is 12.2. The van der Waals surface area contributed by atoms with E-state index in [1.54, 1.807) is 10.9 Å². The van der Waals surface area contributed by atoms with Gasteiger partial charge in [-0.15, -0.1) is 0 Å². The largest absolute Gasteiger partial charge is 0.438 e. The minimum atomic E-state index is -3.10. The number of carbonyl (C=O) groups excluding carboxylic acids is 2. The van der Waals surface area contributed by atoms with Crippen LogP contribution in [-0.4, -0.2) is 58.0 Å². The lowest BCUT2D eigenvalue weighted by Crippen LogP contribution is -2.20. The second-order valence-electron chi connectivity index (χ2n) is 7.96. The first kappa shape index (κ1) is 30.0. The predicted octanol–water partition coefficient (Wildman–Crippen LogP) is 3.60. The molecule has 2 N–H and O–H groups in total. The van der Waals surface area contributed by atoms with Crippen molar-refractivity contribution in [1.82, 2.24) is 19.5 Å². The van der Waals surface area contributed by atoms with Gasteiger partial charge in [-0.05, 0) is 37.5 Å². The molecule has 0 unspecified atom stereocenters. The van der Waals surface area contributed by atoms with Gasteiger partial charge >= 0.3 is 11.9 Å². The molecular formula is C22H36N5O7PS. The van der Waals surface area contributed by atoms with Crippen molar-refractivity contribution in [1.29, 1.82) is 0 Å². The van der Waals surface area contributed by atoms with Gasteiger partial charge in [0.2, 0.25) is 6.49 Å². The Morgan fingerprint density at radius 3 is 2.06 bits per heavy atom. The number of fused-ring (bicyclic) bond motifs is 1. The van der Waals surface area contributed by atoms with Gasteiger partial charge in [0, 0.05) is 6.54 Å². The van der Waals surface area contributed by atoms with Crippen LogP contribution in [-0.2, 0) is 51.2 Å². The number of anilines is 1. The Hall–Kier alpha value is -2.18. The number of nitrogen functional groups attached to an aromatic ring is 1. The summed E-state index contributed by atoms with van der Waals surface area (Å²) in [5.74, 6) is -0.866. The minimum absolute atomic E-state index is 0.0862. The fourth-order valence-electron chi connectivity index (χ4n) is 3.32. The first-order valence-electron chi connectivity index (χ1n) is 12.0. The van der Waals surface area contributed by atoms with Crippen molar-refractivity contribution in [3.8, 4) is 0 Å². The standard InChI is InChI=1S/C22H36N5O7PS/c1-5-16(6-2)21(28)31-13-33-35(36,34-14-32-22(29)17(7-3)8-4)15-30-10-9-27-12-26-18-19(23)24-11-25-20(18)27/h11-12,16-17H,5-10,13-15H2,1-4H3,(H2,23,24,25). The molecule has 2 aromatic heterocycles. The fourth-order valence-corrected chi connectivity index (χ4v) is 4.81. The Labute approximate surface area is 216 Å². The zero-order valence-electron chi connectivity index (χ0n) is 21.3. The monoisotopic (exact) mass is 545 g/mol. The van der Waals surface area contributed by atoms with Gasteiger partial charge in [0.25, 0.3) is 0 Å². The third-order valence-corrected chi connectivity index (χ3v) is 8.14. The summed E-state index contributed by atoms with van der Waals surface area (Å²) in [4.78, 5) is 36.7. The first-order chi connectivity index (χ1) is 17.3. The van der Waals surface area contributed by atoms with E-state index in [0.29, 0.717) is 49.2 Å². The molecule has 0 bridgehead atoms. The normalized spacial score (nSPS) is 11.9. The highest BCUT2D eigenvalue weighted by Crippen LogP contribution is 2.48. The maximum atomic E-state index is 12.2. The van der Waals surface area contributed by atoms with Crippen LogP contribution in [0.2, 0.25) is 0 Å². The Kier molecular flexibility index (Phi) is 12.7. The lowest BCUT2D eigenvalue weighted by atomic mass is 10.0. The van der Waals surface area contributed by atoms with Crippen molar-refractivity contribution in [3.05, 3.63) is 12.7 Å². The molecule has 0 aliphatic rings. The average Bonchev–Trinajstić information content (AvgIpc) is 3.28. The molecule has 202 valence electrons. The van der Waals surface area contributed by atoms with Crippen LogP contribution in [0.4, 0.5) is 5.82 Å². The molecule has 0 saturated carbocycles. The van der Waals surface area contributed by atoms with E-state index in [2.05, 4.69) is 15.0 Å². The lowest BCUT2D eigenvalue weighted by Gasteiger charge is -2.23. The molecule has 0 aliphatic heterocycles. The summed E-state index contributed by atoms with van der Waals surface area (Å²) in [6.07, 6.45) is 5.52. The molecule has 14 heteroatoms. The number of nitrogens with zero attached hydrogens (tertiary/aromatic N) is 4. The van der Waals surface area contributed by atoms with Gasteiger partial charge < -0.3 is 24.5 Å². The van der Waals surface area contributed by atoms with Crippen LogP contribution >= 0.6 is 6.49 Å². The molecule has 0 radical (unpaired) electrons. The summed E-state index contributed by atoms with van der Waals surface area (Å²) >= 11 is 5.56. The number of esters is 2. The molecule has 2 heterocycles. The molecule has 0 spiro atoms. The number of hydrogen-bond acceptors (Lipinski definition) is 12. The molecule has 2 rings (SSSR count). The third kappa shape index (κ3) is 8.74. The second-order valence-corrected chi connectivity index (χ2v) is 11.6. The topological polar surface area (TPSA) is 150 Å². The number of carbonyl (C=O) groups is 2. The van der Waals surface area contributed by atoms with Crippen molar-refractivity contribution in [2.24, 2.45) is 11.8 Å². The Bertz CT molecular complexity index is 995. The van der Waals surface area contributed by atoms with E-state index in [9.17, 15) is 9.59 Å². The van der Waals surface area contributed by atoms with E-state index in [0.717, 1.165) is 0 Å². The van der Waals surface area contributed by atoms with Gasteiger partial charge in [-0.25, -0.2) is 15.0 Å². The van der Waals surface area contributed by atoms with Crippen LogP contribution in [0.5, 0.6) is 0 Å². The predicted molar refractivity (Wildman–Crippen MR) is 137 cm³/mol. The number of rotatable bonds is 17.